The monoisotopic (exact) mass is 155 g/mol. The number of rotatable bonds is 3. The molecule has 11 heavy (non-hydrogen) atoms. The number of hydrogen-bond acceptors (Lipinski definition) is 3. The standard InChI is InChI=1S/C8H13NO2/c1-2-11-8(10)7-6(9-7)5-3-4-5/h5-7,9H,2-4H2,1H3/t6-,7-/m1/s1. The van der Waals surface area contributed by atoms with Crippen LogP contribution >= 0.6 is 0 Å². The Morgan fingerprint density at radius 1 is 1.64 bits per heavy atom. The van der Waals surface area contributed by atoms with E-state index in [-0.39, 0.29) is 12.0 Å². The van der Waals surface area contributed by atoms with Gasteiger partial charge in [-0.3, -0.25) is 10.1 Å². The van der Waals surface area contributed by atoms with Crippen LogP contribution < -0.4 is 5.32 Å². The Balaban J connectivity index is 1.76. The maximum Gasteiger partial charge on any atom is 0.324 e. The molecule has 1 saturated carbocycles. The van der Waals surface area contributed by atoms with E-state index in [0.29, 0.717) is 12.6 Å². The lowest BCUT2D eigenvalue weighted by Crippen LogP contribution is -2.15. The first kappa shape index (κ1) is 7.10. The van der Waals surface area contributed by atoms with Gasteiger partial charge in [0.25, 0.3) is 0 Å². The molecule has 2 aliphatic rings. The van der Waals surface area contributed by atoms with Crippen molar-refractivity contribution in [3.63, 3.8) is 0 Å². The lowest BCUT2D eigenvalue weighted by Gasteiger charge is -1.96. The topological polar surface area (TPSA) is 48.2 Å². The van der Waals surface area contributed by atoms with Gasteiger partial charge in [0.1, 0.15) is 6.04 Å². The molecule has 2 atom stereocenters. The third-order valence-corrected chi connectivity index (χ3v) is 2.29. The highest BCUT2D eigenvalue weighted by molar-refractivity contribution is 5.80. The lowest BCUT2D eigenvalue weighted by molar-refractivity contribution is -0.142. The Morgan fingerprint density at radius 3 is 2.91 bits per heavy atom. The Bertz CT molecular complexity index is 177. The first-order valence-corrected chi connectivity index (χ1v) is 4.25. The second-order valence-corrected chi connectivity index (χ2v) is 3.26. The third kappa shape index (κ3) is 1.38. The summed E-state index contributed by atoms with van der Waals surface area (Å²) in [5.41, 5.74) is 0. The summed E-state index contributed by atoms with van der Waals surface area (Å²) in [6.07, 6.45) is 2.57. The molecular formula is C8H13NO2. The average Bonchev–Trinajstić information content (AvgIpc) is 2.83. The first-order valence-electron chi connectivity index (χ1n) is 4.25. The minimum absolute atomic E-state index is 0.0300. The van der Waals surface area contributed by atoms with Gasteiger partial charge in [0.05, 0.1) is 6.61 Å². The predicted octanol–water partition coefficient (Wildman–Crippen LogP) is 0.300. The normalized spacial score (nSPS) is 35.0. The fraction of sp³-hybridized carbons (Fsp3) is 0.875. The minimum atomic E-state index is -0.0654. The molecule has 3 nitrogen and oxygen atoms in total. The molecule has 1 aliphatic heterocycles. The fourth-order valence-electron chi connectivity index (χ4n) is 1.46. The van der Waals surface area contributed by atoms with E-state index in [1.165, 1.54) is 12.8 Å². The van der Waals surface area contributed by atoms with Crippen LogP contribution in [-0.2, 0) is 9.53 Å². The van der Waals surface area contributed by atoms with Crippen molar-refractivity contribution in [2.24, 2.45) is 5.92 Å². The van der Waals surface area contributed by atoms with Gasteiger partial charge in [0, 0.05) is 6.04 Å². The molecule has 3 heteroatoms. The molecule has 1 N–H and O–H groups in total. The van der Waals surface area contributed by atoms with E-state index >= 15 is 0 Å². The van der Waals surface area contributed by atoms with Crippen molar-refractivity contribution >= 4 is 5.97 Å². The molecule has 0 unspecified atom stereocenters. The SMILES string of the molecule is CCOC(=O)[C@@H]1N[C@@H]1C1CC1. The van der Waals surface area contributed by atoms with Crippen molar-refractivity contribution in [2.45, 2.75) is 31.8 Å². The van der Waals surface area contributed by atoms with E-state index in [9.17, 15) is 4.79 Å². The summed E-state index contributed by atoms with van der Waals surface area (Å²) in [7, 11) is 0. The zero-order chi connectivity index (χ0) is 7.84. The van der Waals surface area contributed by atoms with Crippen molar-refractivity contribution < 1.29 is 9.53 Å². The molecule has 0 aromatic carbocycles. The molecule has 1 saturated heterocycles. The highest BCUT2D eigenvalue weighted by Gasteiger charge is 2.51. The van der Waals surface area contributed by atoms with Crippen LogP contribution in [0.25, 0.3) is 0 Å². The number of esters is 1. The van der Waals surface area contributed by atoms with E-state index in [0.717, 1.165) is 5.92 Å². The smallest absolute Gasteiger partial charge is 0.324 e. The Hall–Kier alpha value is -0.570. The van der Waals surface area contributed by atoms with Gasteiger partial charge < -0.3 is 4.74 Å². The Labute approximate surface area is 66.1 Å². The molecule has 2 rings (SSSR count). The zero-order valence-corrected chi connectivity index (χ0v) is 6.67. The zero-order valence-electron chi connectivity index (χ0n) is 6.67. The van der Waals surface area contributed by atoms with Gasteiger partial charge in [-0.25, -0.2) is 0 Å². The van der Waals surface area contributed by atoms with Crippen molar-refractivity contribution in [3.05, 3.63) is 0 Å². The summed E-state index contributed by atoms with van der Waals surface area (Å²) in [6.45, 7) is 2.33. The fourth-order valence-corrected chi connectivity index (χ4v) is 1.46. The predicted molar refractivity (Wildman–Crippen MR) is 40.1 cm³/mol. The van der Waals surface area contributed by atoms with Crippen molar-refractivity contribution in [1.29, 1.82) is 0 Å². The van der Waals surface area contributed by atoms with Crippen molar-refractivity contribution in [3.8, 4) is 0 Å². The van der Waals surface area contributed by atoms with Crippen molar-refractivity contribution in [1.82, 2.24) is 5.32 Å². The molecule has 0 bridgehead atoms. The molecule has 1 aliphatic carbocycles. The van der Waals surface area contributed by atoms with Gasteiger partial charge in [-0.05, 0) is 25.7 Å². The third-order valence-electron chi connectivity index (χ3n) is 2.29. The van der Waals surface area contributed by atoms with Gasteiger partial charge in [-0.2, -0.15) is 0 Å². The van der Waals surface area contributed by atoms with E-state index in [1.54, 1.807) is 0 Å². The van der Waals surface area contributed by atoms with Crippen LogP contribution in [-0.4, -0.2) is 24.7 Å². The largest absolute Gasteiger partial charge is 0.465 e. The van der Waals surface area contributed by atoms with Crippen LogP contribution in [0.5, 0.6) is 0 Å². The number of hydrogen-bond donors (Lipinski definition) is 1. The molecule has 0 aromatic rings. The van der Waals surface area contributed by atoms with E-state index in [4.69, 9.17) is 4.74 Å². The van der Waals surface area contributed by atoms with E-state index in [1.807, 2.05) is 6.92 Å². The second-order valence-electron chi connectivity index (χ2n) is 3.26. The second kappa shape index (κ2) is 2.48. The summed E-state index contributed by atoms with van der Waals surface area (Å²) in [4.78, 5) is 11.1. The summed E-state index contributed by atoms with van der Waals surface area (Å²) in [5, 5.41) is 3.14. The Kier molecular flexibility index (Phi) is 1.60. The summed E-state index contributed by atoms with van der Waals surface area (Å²) >= 11 is 0. The van der Waals surface area contributed by atoms with Crippen LogP contribution in [0.1, 0.15) is 19.8 Å². The molecule has 0 spiro atoms. The number of ether oxygens (including phenoxy) is 1. The molecule has 2 fully saturated rings. The van der Waals surface area contributed by atoms with Crippen LogP contribution in [0.15, 0.2) is 0 Å². The molecule has 1 heterocycles. The van der Waals surface area contributed by atoms with Crippen LogP contribution in [0.2, 0.25) is 0 Å². The van der Waals surface area contributed by atoms with Gasteiger partial charge in [-0.1, -0.05) is 0 Å². The van der Waals surface area contributed by atoms with Crippen LogP contribution in [0, 0.1) is 5.92 Å². The highest BCUT2D eigenvalue weighted by atomic mass is 16.5. The molecule has 0 aromatic heterocycles. The number of carbonyl (C=O) groups excluding carboxylic acids is 1. The number of carbonyl (C=O) groups is 1. The summed E-state index contributed by atoms with van der Waals surface area (Å²) in [6, 6.07) is 0.483. The molecular weight excluding hydrogens is 142 g/mol. The average molecular weight is 155 g/mol. The lowest BCUT2D eigenvalue weighted by atomic mass is 10.2. The van der Waals surface area contributed by atoms with Crippen LogP contribution in [0.4, 0.5) is 0 Å². The van der Waals surface area contributed by atoms with Gasteiger partial charge >= 0.3 is 5.97 Å². The van der Waals surface area contributed by atoms with Gasteiger partial charge in [-0.15, -0.1) is 0 Å². The molecule has 62 valence electrons. The Morgan fingerprint density at radius 2 is 2.36 bits per heavy atom. The first-order chi connectivity index (χ1) is 5.33. The molecule has 0 amide bonds. The van der Waals surface area contributed by atoms with E-state index < -0.39 is 0 Å². The number of nitrogens with one attached hydrogen (secondary N) is 1. The minimum Gasteiger partial charge on any atom is -0.465 e. The van der Waals surface area contributed by atoms with E-state index in [2.05, 4.69) is 5.32 Å². The quantitative estimate of drug-likeness (QED) is 0.471. The maximum atomic E-state index is 11.1. The van der Waals surface area contributed by atoms with Gasteiger partial charge in [0.15, 0.2) is 0 Å². The van der Waals surface area contributed by atoms with Crippen LogP contribution in [0.3, 0.4) is 0 Å². The maximum absolute atomic E-state index is 11.1. The summed E-state index contributed by atoms with van der Waals surface area (Å²) < 4.78 is 4.87. The highest BCUT2D eigenvalue weighted by Crippen LogP contribution is 2.39. The summed E-state index contributed by atoms with van der Waals surface area (Å²) in [5.74, 6) is 0.703. The molecule has 0 radical (unpaired) electrons. The van der Waals surface area contributed by atoms with Gasteiger partial charge in [0.2, 0.25) is 0 Å². The van der Waals surface area contributed by atoms with Crippen molar-refractivity contribution in [2.75, 3.05) is 6.61 Å².